The average Bonchev–Trinajstić information content (AvgIpc) is 3.27. The van der Waals surface area contributed by atoms with Crippen molar-refractivity contribution in [2.75, 3.05) is 0 Å². The lowest BCUT2D eigenvalue weighted by Crippen LogP contribution is -2.21. The molecule has 0 spiro atoms. The van der Waals surface area contributed by atoms with Crippen LogP contribution in [0.5, 0.6) is 5.75 Å². The molecule has 2 aromatic carbocycles. The molecule has 1 aromatic heterocycles. The number of aliphatic hydroxyl groups is 1. The Morgan fingerprint density at radius 2 is 1.68 bits per heavy atom. The second-order valence-electron chi connectivity index (χ2n) is 8.23. The Kier molecular flexibility index (Phi) is 9.61. The van der Waals surface area contributed by atoms with Crippen molar-refractivity contribution in [2.45, 2.75) is 50.9 Å². The number of ether oxygens (including phenoxy) is 1. The molecule has 0 radical (unpaired) electrons. The van der Waals surface area contributed by atoms with Crippen LogP contribution in [0.25, 0.3) is 0 Å². The molecule has 0 bridgehead atoms. The number of imidazole rings is 1. The molecule has 3 N–H and O–H groups in total. The number of carbonyl (C=O) groups is 1. The lowest BCUT2D eigenvalue weighted by Gasteiger charge is -2.22. The maximum atomic E-state index is 13.1. The Labute approximate surface area is 214 Å². The molecular formula is C24H24ClF6N3O3. The number of aromatic nitrogens is 2. The molecule has 0 aliphatic carbocycles. The zero-order valence-electron chi connectivity index (χ0n) is 19.4. The first-order valence-corrected chi connectivity index (χ1v) is 10.8. The Bertz CT molecular complexity index is 1180. The van der Waals surface area contributed by atoms with E-state index in [9.17, 15) is 36.2 Å². The first kappa shape index (κ1) is 30.0. The predicted octanol–water partition coefficient (Wildman–Crippen LogP) is 5.58. The normalized spacial score (nSPS) is 13.5. The molecule has 0 aliphatic heterocycles. The molecule has 1 amide bonds. The lowest BCUT2D eigenvalue weighted by atomic mass is 10.0. The minimum absolute atomic E-state index is 0. The van der Waals surface area contributed by atoms with Crippen LogP contribution < -0.4 is 10.5 Å². The van der Waals surface area contributed by atoms with Crippen molar-refractivity contribution in [1.29, 1.82) is 0 Å². The van der Waals surface area contributed by atoms with Crippen molar-refractivity contribution in [2.24, 2.45) is 5.73 Å². The molecular weight excluding hydrogens is 528 g/mol. The number of hydrogen-bond donors (Lipinski definition) is 2. The van der Waals surface area contributed by atoms with E-state index < -0.39 is 48.1 Å². The SMILES string of the molecule is C[C@H](O)[C@@H](CCc1ccccc1OCc1cc(C(F)(F)F)cc(C(F)(F)F)c1)n1cnc(C(N)=O)c1.Cl. The number of hydrogen-bond acceptors (Lipinski definition) is 4. The minimum atomic E-state index is -4.95. The molecule has 202 valence electrons. The number of amides is 1. The van der Waals surface area contributed by atoms with Gasteiger partial charge >= 0.3 is 12.4 Å². The number of benzene rings is 2. The van der Waals surface area contributed by atoms with Gasteiger partial charge < -0.3 is 20.1 Å². The first-order chi connectivity index (χ1) is 16.8. The highest BCUT2D eigenvalue weighted by molar-refractivity contribution is 5.90. The third-order valence-electron chi connectivity index (χ3n) is 5.52. The molecule has 6 nitrogen and oxygen atoms in total. The smallest absolute Gasteiger partial charge is 0.416 e. The van der Waals surface area contributed by atoms with E-state index in [2.05, 4.69) is 4.98 Å². The summed E-state index contributed by atoms with van der Waals surface area (Å²) in [4.78, 5) is 15.2. The van der Waals surface area contributed by atoms with Gasteiger partial charge in [-0.25, -0.2) is 4.98 Å². The summed E-state index contributed by atoms with van der Waals surface area (Å²) in [5, 5.41) is 10.2. The van der Waals surface area contributed by atoms with E-state index in [1.54, 1.807) is 35.8 Å². The minimum Gasteiger partial charge on any atom is -0.489 e. The molecule has 0 saturated heterocycles. The van der Waals surface area contributed by atoms with Gasteiger partial charge in [0.1, 0.15) is 18.1 Å². The summed E-state index contributed by atoms with van der Waals surface area (Å²) in [6.45, 7) is 1.04. The third kappa shape index (κ3) is 7.86. The van der Waals surface area contributed by atoms with E-state index in [0.29, 0.717) is 30.5 Å². The molecule has 37 heavy (non-hydrogen) atoms. The lowest BCUT2D eigenvalue weighted by molar-refractivity contribution is -0.143. The topological polar surface area (TPSA) is 90.4 Å². The Morgan fingerprint density at radius 1 is 1.08 bits per heavy atom. The zero-order chi connectivity index (χ0) is 26.7. The summed E-state index contributed by atoms with van der Waals surface area (Å²) in [6.07, 6.45) is -7.27. The van der Waals surface area contributed by atoms with Gasteiger partial charge in [-0.15, -0.1) is 12.4 Å². The molecule has 3 rings (SSSR count). The molecule has 2 atom stereocenters. The van der Waals surface area contributed by atoms with Crippen molar-refractivity contribution in [1.82, 2.24) is 9.55 Å². The summed E-state index contributed by atoms with van der Waals surface area (Å²) >= 11 is 0. The number of aryl methyl sites for hydroxylation is 1. The number of primary amides is 1. The van der Waals surface area contributed by atoms with Gasteiger partial charge in [0.15, 0.2) is 0 Å². The number of aliphatic hydroxyl groups excluding tert-OH is 1. The summed E-state index contributed by atoms with van der Waals surface area (Å²) < 4.78 is 85.9. The largest absolute Gasteiger partial charge is 0.489 e. The molecule has 0 saturated carbocycles. The van der Waals surface area contributed by atoms with Crippen molar-refractivity contribution in [3.8, 4) is 5.75 Å². The standard InChI is InChI=1S/C24H23F6N3O3.ClH/c1-14(34)20(33-11-19(22(31)35)32-13-33)7-6-16-4-2-3-5-21(16)36-12-15-8-17(23(25,26)27)10-18(9-15)24(28,29)30;/h2-5,8-11,13-14,20,34H,6-7,12H2,1H3,(H2,31,35);1H/t14-,20+;/m0./s1. The van der Waals surface area contributed by atoms with Crippen LogP contribution >= 0.6 is 12.4 Å². The van der Waals surface area contributed by atoms with Crippen LogP contribution in [0.2, 0.25) is 0 Å². The molecule has 0 fully saturated rings. The Morgan fingerprint density at radius 3 is 2.19 bits per heavy atom. The second-order valence-corrected chi connectivity index (χ2v) is 8.23. The first-order valence-electron chi connectivity index (χ1n) is 10.8. The molecule has 0 aliphatic rings. The van der Waals surface area contributed by atoms with E-state index in [0.717, 1.165) is 0 Å². The number of nitrogens with two attached hydrogens (primary N) is 1. The number of halogens is 7. The van der Waals surface area contributed by atoms with Crippen molar-refractivity contribution in [3.63, 3.8) is 0 Å². The Hall–Kier alpha value is -3.25. The van der Waals surface area contributed by atoms with Gasteiger partial charge in [0.05, 0.1) is 29.6 Å². The van der Waals surface area contributed by atoms with Crippen LogP contribution in [-0.2, 0) is 25.4 Å². The van der Waals surface area contributed by atoms with Crippen LogP contribution in [0.4, 0.5) is 26.3 Å². The van der Waals surface area contributed by atoms with Crippen LogP contribution in [0.15, 0.2) is 55.0 Å². The highest BCUT2D eigenvalue weighted by atomic mass is 35.5. The zero-order valence-corrected chi connectivity index (χ0v) is 20.2. The summed E-state index contributed by atoms with van der Waals surface area (Å²) in [7, 11) is 0. The van der Waals surface area contributed by atoms with E-state index in [1.165, 1.54) is 12.5 Å². The van der Waals surface area contributed by atoms with Gasteiger partial charge in [-0.3, -0.25) is 4.79 Å². The van der Waals surface area contributed by atoms with Gasteiger partial charge in [0.25, 0.3) is 5.91 Å². The predicted molar refractivity (Wildman–Crippen MR) is 124 cm³/mol. The van der Waals surface area contributed by atoms with Crippen molar-refractivity contribution >= 4 is 18.3 Å². The van der Waals surface area contributed by atoms with Crippen molar-refractivity contribution < 1.29 is 41.0 Å². The van der Waals surface area contributed by atoms with Gasteiger partial charge in [0, 0.05) is 6.20 Å². The van der Waals surface area contributed by atoms with Crippen LogP contribution in [-0.4, -0.2) is 26.7 Å². The molecule has 3 aromatic rings. The average molecular weight is 552 g/mol. The van der Waals surface area contributed by atoms with Crippen LogP contribution in [0, 0.1) is 0 Å². The Balaban J connectivity index is 0.00000481. The summed E-state index contributed by atoms with van der Waals surface area (Å²) in [5.74, 6) is -0.448. The fraction of sp³-hybridized carbons (Fsp3) is 0.333. The van der Waals surface area contributed by atoms with Gasteiger partial charge in [0.2, 0.25) is 0 Å². The van der Waals surface area contributed by atoms with Crippen LogP contribution in [0.3, 0.4) is 0 Å². The fourth-order valence-corrected chi connectivity index (χ4v) is 3.70. The monoisotopic (exact) mass is 551 g/mol. The van der Waals surface area contributed by atoms with E-state index in [1.807, 2.05) is 0 Å². The number of alkyl halides is 6. The third-order valence-corrected chi connectivity index (χ3v) is 5.52. The molecule has 1 heterocycles. The van der Waals surface area contributed by atoms with E-state index in [-0.39, 0.29) is 35.5 Å². The number of carbonyl (C=O) groups excluding carboxylic acids is 1. The van der Waals surface area contributed by atoms with Crippen LogP contribution in [0.1, 0.15) is 52.1 Å². The maximum absolute atomic E-state index is 13.1. The van der Waals surface area contributed by atoms with Gasteiger partial charge in [-0.1, -0.05) is 18.2 Å². The number of nitrogens with zero attached hydrogens (tertiary/aromatic N) is 2. The van der Waals surface area contributed by atoms with Gasteiger partial charge in [-0.05, 0) is 55.2 Å². The second kappa shape index (κ2) is 11.9. The quantitative estimate of drug-likeness (QED) is 0.340. The van der Waals surface area contributed by atoms with Gasteiger partial charge in [-0.2, -0.15) is 26.3 Å². The van der Waals surface area contributed by atoms with Crippen molar-refractivity contribution in [3.05, 3.63) is 82.9 Å². The number of rotatable bonds is 9. The van der Waals surface area contributed by atoms with E-state index >= 15 is 0 Å². The molecule has 13 heteroatoms. The number of para-hydroxylation sites is 1. The van der Waals surface area contributed by atoms with E-state index in [4.69, 9.17) is 10.5 Å². The maximum Gasteiger partial charge on any atom is 0.416 e. The highest BCUT2D eigenvalue weighted by Gasteiger charge is 2.37. The fourth-order valence-electron chi connectivity index (χ4n) is 3.70. The highest BCUT2D eigenvalue weighted by Crippen LogP contribution is 2.36. The molecule has 0 unspecified atom stereocenters. The summed E-state index contributed by atoms with van der Waals surface area (Å²) in [6, 6.07) is 7.39. The summed E-state index contributed by atoms with van der Waals surface area (Å²) in [5.41, 5.74) is 2.75.